The first-order valence-corrected chi connectivity index (χ1v) is 13.2. The molecule has 6 nitrogen and oxygen atoms in total. The molecule has 6 rings (SSSR count). The van der Waals surface area contributed by atoms with Crippen LogP contribution in [0.1, 0.15) is 29.7 Å². The maximum Gasteiger partial charge on any atom is 0.301 e. The Morgan fingerprint density at radius 2 is 1.92 bits per heavy atom. The average Bonchev–Trinajstić information content (AvgIpc) is 3.51. The topological polar surface area (TPSA) is 79.7 Å². The predicted octanol–water partition coefficient (Wildman–Crippen LogP) is 6.66. The number of Topliss-reactive ketones (excluding diaryl/α,β-unsaturated/α-hetero) is 1. The number of nitrogens with zero attached hydrogens (tertiary/aromatic N) is 2. The maximum absolute atomic E-state index is 13.4. The molecule has 3 aromatic carbocycles. The number of anilines is 1. The fraction of sp³-hybridized carbons (Fsp3) is 0.148. The van der Waals surface area contributed by atoms with Gasteiger partial charge in [-0.05, 0) is 66.6 Å². The van der Waals surface area contributed by atoms with Crippen LogP contribution in [0.25, 0.3) is 16.0 Å². The SMILES string of the molecule is C[C@H]1Cc2cc(C(O)=C3C(=O)C(=O)N(c4nc5ccc(Cl)cc5s4)[C@@H]3c3ccc(Br)cc3)ccc2O1. The molecule has 0 unspecified atom stereocenters. The van der Waals surface area contributed by atoms with Gasteiger partial charge in [0.2, 0.25) is 0 Å². The highest BCUT2D eigenvalue weighted by molar-refractivity contribution is 9.10. The third kappa shape index (κ3) is 3.80. The van der Waals surface area contributed by atoms with Crippen molar-refractivity contribution in [3.8, 4) is 5.75 Å². The van der Waals surface area contributed by atoms with Crippen molar-refractivity contribution >= 4 is 71.7 Å². The second-order valence-corrected chi connectivity index (χ2v) is 11.1. The van der Waals surface area contributed by atoms with Crippen LogP contribution in [-0.2, 0) is 16.0 Å². The van der Waals surface area contributed by atoms with Gasteiger partial charge in [0.25, 0.3) is 5.78 Å². The minimum atomic E-state index is -0.849. The van der Waals surface area contributed by atoms with E-state index >= 15 is 0 Å². The van der Waals surface area contributed by atoms with Crippen LogP contribution in [0.5, 0.6) is 5.75 Å². The molecule has 4 aromatic rings. The Morgan fingerprint density at radius 3 is 2.69 bits per heavy atom. The number of benzene rings is 3. The Hall–Kier alpha value is -3.20. The number of carbonyl (C=O) groups excluding carboxylic acids is 2. The van der Waals surface area contributed by atoms with Gasteiger partial charge in [-0.2, -0.15) is 0 Å². The van der Waals surface area contributed by atoms with Crippen LogP contribution < -0.4 is 9.64 Å². The van der Waals surface area contributed by atoms with Gasteiger partial charge in [0.05, 0.1) is 21.8 Å². The molecule has 2 aliphatic rings. The van der Waals surface area contributed by atoms with E-state index in [0.29, 0.717) is 33.2 Å². The zero-order valence-electron chi connectivity index (χ0n) is 18.9. The van der Waals surface area contributed by atoms with Crippen molar-refractivity contribution in [2.24, 2.45) is 0 Å². The van der Waals surface area contributed by atoms with Gasteiger partial charge in [-0.25, -0.2) is 4.98 Å². The number of thiazole rings is 1. The largest absolute Gasteiger partial charge is 0.507 e. The molecule has 1 saturated heterocycles. The summed E-state index contributed by atoms with van der Waals surface area (Å²) in [7, 11) is 0. The Bertz CT molecular complexity index is 1600. The standard InChI is InChI=1S/C27H18BrClN2O4S/c1-13-10-16-11-15(4-9-20(16)35-13)24(32)22-23(14-2-5-17(28)6-3-14)31(26(34)25(22)33)27-30-19-8-7-18(29)12-21(19)36-27/h2-9,11-13,23,32H,10H2,1H3/t13-,23+/m0/s1. The summed E-state index contributed by atoms with van der Waals surface area (Å²) < 4.78 is 7.42. The van der Waals surface area contributed by atoms with E-state index in [1.54, 1.807) is 30.3 Å². The Balaban J connectivity index is 1.53. The zero-order valence-corrected chi connectivity index (χ0v) is 22.0. The van der Waals surface area contributed by atoms with Gasteiger partial charge >= 0.3 is 5.91 Å². The van der Waals surface area contributed by atoms with Crippen molar-refractivity contribution in [2.45, 2.75) is 25.5 Å². The summed E-state index contributed by atoms with van der Waals surface area (Å²) >= 11 is 10.9. The van der Waals surface area contributed by atoms with Gasteiger partial charge < -0.3 is 9.84 Å². The molecule has 2 aliphatic heterocycles. The number of halogens is 2. The van der Waals surface area contributed by atoms with Crippen LogP contribution in [0.4, 0.5) is 5.13 Å². The highest BCUT2D eigenvalue weighted by Gasteiger charge is 2.48. The van der Waals surface area contributed by atoms with E-state index in [1.165, 1.54) is 16.2 Å². The van der Waals surface area contributed by atoms with Crippen LogP contribution in [0.15, 0.2) is 70.7 Å². The molecule has 2 atom stereocenters. The fourth-order valence-electron chi connectivity index (χ4n) is 4.70. The summed E-state index contributed by atoms with van der Waals surface area (Å²) in [4.78, 5) is 32.8. The molecule has 1 aromatic heterocycles. The minimum Gasteiger partial charge on any atom is -0.507 e. The number of amides is 1. The normalized spacial score (nSPS) is 20.7. The lowest BCUT2D eigenvalue weighted by Crippen LogP contribution is -2.29. The number of ketones is 1. The van der Waals surface area contributed by atoms with Crippen LogP contribution in [0, 0.1) is 0 Å². The Morgan fingerprint density at radius 1 is 1.14 bits per heavy atom. The first kappa shape index (κ1) is 23.2. The van der Waals surface area contributed by atoms with Gasteiger partial charge in [0, 0.05) is 21.5 Å². The average molecular weight is 582 g/mol. The van der Waals surface area contributed by atoms with E-state index in [-0.39, 0.29) is 17.4 Å². The molecule has 180 valence electrons. The van der Waals surface area contributed by atoms with Crippen molar-refractivity contribution in [1.29, 1.82) is 0 Å². The number of aliphatic hydroxyl groups excluding tert-OH is 1. The molecule has 0 radical (unpaired) electrons. The van der Waals surface area contributed by atoms with Crippen molar-refractivity contribution in [2.75, 3.05) is 4.90 Å². The zero-order chi connectivity index (χ0) is 25.1. The molecule has 0 spiro atoms. The summed E-state index contributed by atoms with van der Waals surface area (Å²) in [5, 5.41) is 12.3. The second-order valence-electron chi connectivity index (χ2n) is 8.78. The molecule has 0 saturated carbocycles. The number of rotatable bonds is 3. The second kappa shape index (κ2) is 8.73. The van der Waals surface area contributed by atoms with Crippen molar-refractivity contribution in [1.82, 2.24) is 4.98 Å². The van der Waals surface area contributed by atoms with Gasteiger partial charge in [0.15, 0.2) is 5.13 Å². The van der Waals surface area contributed by atoms with E-state index in [9.17, 15) is 14.7 Å². The molecular formula is C27H18BrClN2O4S. The van der Waals surface area contributed by atoms with Crippen LogP contribution in [0.2, 0.25) is 5.02 Å². The van der Waals surface area contributed by atoms with Crippen LogP contribution in [-0.4, -0.2) is 27.9 Å². The Labute approximate surface area is 223 Å². The van der Waals surface area contributed by atoms with Crippen molar-refractivity contribution in [3.05, 3.63) is 92.4 Å². The monoisotopic (exact) mass is 580 g/mol. The number of fused-ring (bicyclic) bond motifs is 2. The molecule has 1 fully saturated rings. The lowest BCUT2D eigenvalue weighted by Gasteiger charge is -2.23. The van der Waals surface area contributed by atoms with Crippen molar-refractivity contribution in [3.63, 3.8) is 0 Å². The number of hydrogen-bond acceptors (Lipinski definition) is 6. The van der Waals surface area contributed by atoms with E-state index in [0.717, 1.165) is 20.5 Å². The lowest BCUT2D eigenvalue weighted by atomic mass is 9.94. The molecule has 0 aliphatic carbocycles. The van der Waals surface area contributed by atoms with Gasteiger partial charge in [-0.15, -0.1) is 0 Å². The molecule has 36 heavy (non-hydrogen) atoms. The third-order valence-electron chi connectivity index (χ3n) is 6.34. The highest BCUT2D eigenvalue weighted by atomic mass is 79.9. The van der Waals surface area contributed by atoms with Gasteiger partial charge in [-0.3, -0.25) is 14.5 Å². The van der Waals surface area contributed by atoms with E-state index in [1.807, 2.05) is 37.3 Å². The number of aromatic nitrogens is 1. The first-order chi connectivity index (χ1) is 17.3. The predicted molar refractivity (Wildman–Crippen MR) is 144 cm³/mol. The molecule has 3 heterocycles. The van der Waals surface area contributed by atoms with Gasteiger partial charge in [0.1, 0.15) is 17.6 Å². The number of carbonyl (C=O) groups is 2. The van der Waals surface area contributed by atoms with E-state index < -0.39 is 17.7 Å². The first-order valence-electron chi connectivity index (χ1n) is 11.2. The van der Waals surface area contributed by atoms with Gasteiger partial charge in [-0.1, -0.05) is 51.0 Å². The minimum absolute atomic E-state index is 0.0199. The van der Waals surface area contributed by atoms with E-state index in [2.05, 4.69) is 20.9 Å². The molecular weight excluding hydrogens is 564 g/mol. The number of ether oxygens (including phenoxy) is 1. The Kier molecular flexibility index (Phi) is 5.63. The molecule has 0 bridgehead atoms. The van der Waals surface area contributed by atoms with Crippen LogP contribution >= 0.6 is 38.9 Å². The third-order valence-corrected chi connectivity index (χ3v) is 8.13. The summed E-state index contributed by atoms with van der Waals surface area (Å²) in [5.41, 5.74) is 2.77. The van der Waals surface area contributed by atoms with E-state index in [4.69, 9.17) is 16.3 Å². The van der Waals surface area contributed by atoms with Crippen LogP contribution in [0.3, 0.4) is 0 Å². The summed E-state index contributed by atoms with van der Waals surface area (Å²) in [6.45, 7) is 1.98. The fourth-order valence-corrected chi connectivity index (χ4v) is 6.24. The quantitative estimate of drug-likeness (QED) is 0.166. The van der Waals surface area contributed by atoms with Crippen molar-refractivity contribution < 1.29 is 19.4 Å². The maximum atomic E-state index is 13.4. The lowest BCUT2D eigenvalue weighted by molar-refractivity contribution is -0.132. The molecule has 1 N–H and O–H groups in total. The summed E-state index contributed by atoms with van der Waals surface area (Å²) in [6.07, 6.45) is 0.744. The molecule has 9 heteroatoms. The smallest absolute Gasteiger partial charge is 0.301 e. The number of hydrogen-bond donors (Lipinski definition) is 1. The summed E-state index contributed by atoms with van der Waals surface area (Å²) in [6, 6.07) is 17.1. The highest BCUT2D eigenvalue weighted by Crippen LogP contribution is 2.45. The summed E-state index contributed by atoms with van der Waals surface area (Å²) in [5.74, 6) is -0.970. The number of aliphatic hydroxyl groups is 1. The molecule has 1 amide bonds.